The van der Waals surface area contributed by atoms with Gasteiger partial charge in [-0.1, -0.05) is 140 Å². The molecule has 0 unspecified atom stereocenters. The molecule has 1 aliphatic heterocycles. The summed E-state index contributed by atoms with van der Waals surface area (Å²) < 4.78 is 31.7. The minimum atomic E-state index is -2.38. The number of aliphatic hydroxyl groups is 3. The molecule has 0 bridgehead atoms. The van der Waals surface area contributed by atoms with Crippen molar-refractivity contribution in [1.29, 1.82) is 0 Å². The molecule has 1 fully saturated rings. The maximum absolute atomic E-state index is 12.5. The summed E-state index contributed by atoms with van der Waals surface area (Å²) >= 11 is 0. The minimum absolute atomic E-state index is 0.267. The Hall–Kier alpha value is -2.68. The number of esters is 1. The maximum atomic E-state index is 12.5. The maximum Gasteiger partial charge on any atom is 0.305 e. The molecule has 2 aromatic carbocycles. The molecule has 3 N–H and O–H groups in total. The van der Waals surface area contributed by atoms with Crippen LogP contribution in [-0.4, -0.2) is 75.2 Å². The summed E-state index contributed by atoms with van der Waals surface area (Å²) in [6.45, 7) is 29.0. The van der Waals surface area contributed by atoms with Crippen LogP contribution >= 0.6 is 0 Å². The summed E-state index contributed by atoms with van der Waals surface area (Å²) in [5.74, 6) is 1.51. The number of rotatable bonds is 22. The molecule has 9 nitrogen and oxygen atoms in total. The molecule has 2 aromatic rings. The molecule has 0 saturated carbocycles. The Bertz CT molecular complexity index is 1500. The zero-order valence-electron chi connectivity index (χ0n) is 37.3. The van der Waals surface area contributed by atoms with E-state index in [0.717, 1.165) is 49.0 Å². The fourth-order valence-corrected chi connectivity index (χ4v) is 19.7. The molecule has 57 heavy (non-hydrogen) atoms. The summed E-state index contributed by atoms with van der Waals surface area (Å²) in [6, 6.07) is 13.9. The molecule has 3 rings (SSSR count). The number of benzene rings is 2. The van der Waals surface area contributed by atoms with Gasteiger partial charge >= 0.3 is 5.97 Å². The number of carbonyl (C=O) groups excluding carboxylic acids is 1. The van der Waals surface area contributed by atoms with Crippen molar-refractivity contribution in [3.63, 3.8) is 0 Å². The van der Waals surface area contributed by atoms with Gasteiger partial charge in [-0.05, 0) is 75.1 Å². The van der Waals surface area contributed by atoms with Crippen LogP contribution in [0.5, 0.6) is 17.2 Å². The predicted octanol–water partition coefficient (Wildman–Crippen LogP) is 11.1. The predicted molar refractivity (Wildman–Crippen MR) is 237 cm³/mol. The van der Waals surface area contributed by atoms with Gasteiger partial charge in [-0.2, -0.15) is 0 Å². The van der Waals surface area contributed by atoms with Crippen molar-refractivity contribution < 1.29 is 43.2 Å². The number of carbonyl (C=O) groups is 1. The van der Waals surface area contributed by atoms with Gasteiger partial charge in [0.15, 0.2) is 0 Å². The van der Waals surface area contributed by atoms with Crippen LogP contribution in [-0.2, 0) is 14.3 Å². The third-order valence-corrected chi connectivity index (χ3v) is 24.1. The zero-order chi connectivity index (χ0) is 42.7. The second-order valence-corrected chi connectivity index (χ2v) is 28.7. The third-order valence-electron chi connectivity index (χ3n) is 12.1. The molecular weight excluding hydrogens is 753 g/mol. The molecule has 11 heteroatoms. The van der Waals surface area contributed by atoms with E-state index in [1.165, 1.54) is 0 Å². The van der Waals surface area contributed by atoms with Crippen LogP contribution in [0.1, 0.15) is 140 Å². The van der Waals surface area contributed by atoms with Gasteiger partial charge in [-0.3, -0.25) is 4.79 Å². The molecule has 0 spiro atoms. The number of aliphatic hydroxyl groups excluding tert-OH is 3. The lowest BCUT2D eigenvalue weighted by atomic mass is 9.99. The van der Waals surface area contributed by atoms with Crippen LogP contribution in [0, 0.1) is 0 Å². The van der Waals surface area contributed by atoms with Gasteiger partial charge in [0.1, 0.15) is 48.3 Å². The van der Waals surface area contributed by atoms with Gasteiger partial charge in [-0.25, -0.2) is 0 Å². The van der Waals surface area contributed by atoms with E-state index in [2.05, 4.69) is 114 Å². The fourth-order valence-electron chi connectivity index (χ4n) is 9.18. The molecule has 0 aromatic heterocycles. The smallest absolute Gasteiger partial charge is 0.305 e. The minimum Gasteiger partial charge on any atom is -0.543 e. The average molecular weight is 829 g/mol. The highest BCUT2D eigenvalue weighted by molar-refractivity contribution is 6.78. The van der Waals surface area contributed by atoms with Crippen LogP contribution in [0.4, 0.5) is 0 Å². The Kier molecular flexibility index (Phi) is 18.9. The van der Waals surface area contributed by atoms with E-state index in [4.69, 9.17) is 23.1 Å². The standard InChI is InChI=1S/C46H76O9Si2/c1-14-15-16-17-18-19-42(47)51-29-41-43(48)44(49)45(50)46(53-41)52-39-26-37(27-40(28-39)55-57(33(8)9,34(10)11)35(12)13)21-20-36-22-24-38(25-23-36)54-56(30(2)3,31(4)5)32(6)7/h20-28,30-35,41,43-46,48-50H,14-19,29H2,1-13H3/b21-20+/t41-,43-,44+,45-,46-/m1/s1. The zero-order valence-corrected chi connectivity index (χ0v) is 39.3. The highest BCUT2D eigenvalue weighted by Crippen LogP contribution is 2.45. The SMILES string of the molecule is CCCCCCCC(=O)OC[C@H]1O[C@@H](Oc2cc(/C=C/c3ccc(O[Si](C(C)C)(C(C)C)C(C)C)cc3)cc(O[Si](C(C)C)(C(C)C)C(C)C)c2)[C@H](O)[C@@H](O)[C@@H]1O. The van der Waals surface area contributed by atoms with Crippen molar-refractivity contribution in [1.82, 2.24) is 0 Å². The van der Waals surface area contributed by atoms with E-state index in [0.29, 0.717) is 44.7 Å². The highest BCUT2D eigenvalue weighted by atomic mass is 28.4. The van der Waals surface area contributed by atoms with Crippen LogP contribution in [0.15, 0.2) is 42.5 Å². The topological polar surface area (TPSA) is 124 Å². The highest BCUT2D eigenvalue weighted by Gasteiger charge is 2.49. The van der Waals surface area contributed by atoms with Crippen LogP contribution < -0.4 is 13.6 Å². The van der Waals surface area contributed by atoms with Crippen molar-refractivity contribution in [3.05, 3.63) is 53.6 Å². The van der Waals surface area contributed by atoms with Gasteiger partial charge in [0.2, 0.25) is 6.29 Å². The molecule has 1 saturated heterocycles. The van der Waals surface area contributed by atoms with Gasteiger partial charge in [-0.15, -0.1) is 0 Å². The van der Waals surface area contributed by atoms with E-state index in [-0.39, 0.29) is 13.0 Å². The van der Waals surface area contributed by atoms with Crippen LogP contribution in [0.3, 0.4) is 0 Å². The molecular formula is C46H76O9Si2. The van der Waals surface area contributed by atoms with E-state index in [9.17, 15) is 20.1 Å². The molecule has 1 aliphatic rings. The van der Waals surface area contributed by atoms with Gasteiger partial charge in [0, 0.05) is 12.5 Å². The van der Waals surface area contributed by atoms with Gasteiger partial charge < -0.3 is 38.4 Å². The molecule has 322 valence electrons. The molecule has 0 radical (unpaired) electrons. The molecule has 5 atom stereocenters. The summed E-state index contributed by atoms with van der Waals surface area (Å²) in [4.78, 5) is 12.5. The summed E-state index contributed by atoms with van der Waals surface area (Å²) in [5.41, 5.74) is 4.19. The monoisotopic (exact) mass is 829 g/mol. The fraction of sp³-hybridized carbons (Fsp3) is 0.674. The van der Waals surface area contributed by atoms with Crippen molar-refractivity contribution >= 4 is 34.8 Å². The number of unbranched alkanes of at least 4 members (excludes halogenated alkanes) is 4. The van der Waals surface area contributed by atoms with Crippen LogP contribution in [0.25, 0.3) is 12.2 Å². The lowest BCUT2D eigenvalue weighted by Crippen LogP contribution is -2.60. The van der Waals surface area contributed by atoms with Crippen molar-refractivity contribution in [2.45, 2.75) is 192 Å². The molecule has 0 amide bonds. The number of hydrogen-bond donors (Lipinski definition) is 3. The molecule has 0 aliphatic carbocycles. The Balaban J connectivity index is 1.92. The quantitative estimate of drug-likeness (QED) is 0.0460. The summed E-state index contributed by atoms with van der Waals surface area (Å²) in [6.07, 6.45) is 2.21. The first-order valence-corrected chi connectivity index (χ1v) is 25.9. The third kappa shape index (κ3) is 12.4. The first-order valence-electron chi connectivity index (χ1n) is 21.6. The van der Waals surface area contributed by atoms with Crippen molar-refractivity contribution in [2.24, 2.45) is 0 Å². The van der Waals surface area contributed by atoms with E-state index in [1.807, 2.05) is 24.3 Å². The Morgan fingerprint density at radius 2 is 1.12 bits per heavy atom. The second kappa shape index (κ2) is 22.1. The normalized spacial score (nSPS) is 20.8. The molecule has 1 heterocycles. The van der Waals surface area contributed by atoms with Crippen molar-refractivity contribution in [2.75, 3.05) is 6.61 Å². The number of hydrogen-bond acceptors (Lipinski definition) is 9. The lowest BCUT2D eigenvalue weighted by Gasteiger charge is -2.42. The van der Waals surface area contributed by atoms with E-state index >= 15 is 0 Å². The van der Waals surface area contributed by atoms with Gasteiger partial charge in [0.25, 0.3) is 16.6 Å². The first-order chi connectivity index (χ1) is 26.8. The summed E-state index contributed by atoms with van der Waals surface area (Å²) in [5, 5.41) is 32.6. The van der Waals surface area contributed by atoms with Gasteiger partial charge in [0.05, 0.1) is 0 Å². The summed E-state index contributed by atoms with van der Waals surface area (Å²) in [7, 11) is -4.47. The average Bonchev–Trinajstić information content (AvgIpc) is 3.14. The Labute approximate surface area is 346 Å². The Morgan fingerprint density at radius 3 is 1.65 bits per heavy atom. The Morgan fingerprint density at radius 1 is 0.632 bits per heavy atom. The second-order valence-electron chi connectivity index (χ2n) is 18.0. The van der Waals surface area contributed by atoms with Crippen LogP contribution in [0.2, 0.25) is 33.2 Å². The number of ether oxygens (including phenoxy) is 3. The van der Waals surface area contributed by atoms with E-state index in [1.54, 1.807) is 6.07 Å². The largest absolute Gasteiger partial charge is 0.543 e. The first kappa shape index (κ1) is 48.7. The lowest BCUT2D eigenvalue weighted by molar-refractivity contribution is -0.278. The van der Waals surface area contributed by atoms with E-state index < -0.39 is 53.3 Å². The van der Waals surface area contributed by atoms with Crippen molar-refractivity contribution in [3.8, 4) is 17.2 Å².